The number of ketones is 1. The summed E-state index contributed by atoms with van der Waals surface area (Å²) in [6, 6.07) is 11.0. The molecule has 3 nitrogen and oxygen atoms in total. The third kappa shape index (κ3) is 2.08. The summed E-state index contributed by atoms with van der Waals surface area (Å²) >= 11 is 5.01. The number of carbonyl (C=O) groups excluding carboxylic acids is 1. The zero-order valence-electron chi connectivity index (χ0n) is 9.73. The molecule has 1 N–H and O–H groups in total. The Morgan fingerprint density at radius 3 is 2.61 bits per heavy atom. The average Bonchev–Trinajstić information content (AvgIpc) is 2.40. The van der Waals surface area contributed by atoms with Crippen LogP contribution in [0, 0.1) is 22.9 Å². The first-order valence-corrected chi connectivity index (χ1v) is 5.78. The first kappa shape index (κ1) is 12.2. The summed E-state index contributed by atoms with van der Waals surface area (Å²) < 4.78 is 0.361. The summed E-state index contributed by atoms with van der Waals surface area (Å²) in [5, 5.41) is 9.03. The van der Waals surface area contributed by atoms with Gasteiger partial charge in [0.1, 0.15) is 10.7 Å². The van der Waals surface area contributed by atoms with Crippen LogP contribution in [0.1, 0.15) is 27.0 Å². The fraction of sp³-hybridized carbons (Fsp3) is 0.0714. The van der Waals surface area contributed by atoms with Gasteiger partial charge >= 0.3 is 0 Å². The van der Waals surface area contributed by atoms with E-state index in [0.717, 1.165) is 0 Å². The number of aromatic amines is 1. The number of pyridine rings is 1. The quantitative estimate of drug-likeness (QED) is 0.661. The number of carbonyl (C=O) groups is 1. The molecule has 1 aromatic carbocycles. The van der Waals surface area contributed by atoms with Gasteiger partial charge in [-0.1, -0.05) is 42.5 Å². The van der Waals surface area contributed by atoms with E-state index in [2.05, 4.69) is 4.98 Å². The Balaban J connectivity index is 2.58. The highest BCUT2D eigenvalue weighted by Gasteiger charge is 2.14. The Hall–Kier alpha value is -2.25. The molecule has 0 atom stereocenters. The van der Waals surface area contributed by atoms with Crippen LogP contribution in [0.4, 0.5) is 0 Å². The van der Waals surface area contributed by atoms with Crippen molar-refractivity contribution in [2.45, 2.75) is 6.92 Å². The Kier molecular flexibility index (Phi) is 3.35. The van der Waals surface area contributed by atoms with Crippen LogP contribution in [0.5, 0.6) is 0 Å². The second kappa shape index (κ2) is 4.94. The van der Waals surface area contributed by atoms with Gasteiger partial charge in [0.2, 0.25) is 0 Å². The molecule has 18 heavy (non-hydrogen) atoms. The molecule has 1 aromatic heterocycles. The number of rotatable bonds is 2. The third-order valence-electron chi connectivity index (χ3n) is 2.75. The van der Waals surface area contributed by atoms with Gasteiger partial charge in [-0.25, -0.2) is 0 Å². The lowest BCUT2D eigenvalue weighted by Crippen LogP contribution is -2.06. The molecule has 0 amide bonds. The number of benzene rings is 1. The molecule has 0 aliphatic rings. The first-order chi connectivity index (χ1) is 8.65. The topological polar surface area (TPSA) is 56.6 Å². The zero-order valence-corrected chi connectivity index (χ0v) is 10.5. The van der Waals surface area contributed by atoms with E-state index < -0.39 is 0 Å². The molecular formula is C14H10N2OS. The van der Waals surface area contributed by atoms with Crippen LogP contribution in [-0.2, 0) is 0 Å². The molecule has 2 rings (SSSR count). The SMILES string of the molecule is Cc1c(C(=O)c2ccccc2)c[nH]c(=S)c1C#N. The van der Waals surface area contributed by atoms with Gasteiger partial charge in [-0.05, 0) is 12.5 Å². The minimum absolute atomic E-state index is 0.115. The molecular weight excluding hydrogens is 244 g/mol. The van der Waals surface area contributed by atoms with E-state index in [9.17, 15) is 4.79 Å². The van der Waals surface area contributed by atoms with E-state index in [-0.39, 0.29) is 5.78 Å². The summed E-state index contributed by atoms with van der Waals surface area (Å²) in [5.41, 5.74) is 2.04. The minimum Gasteiger partial charge on any atom is -0.351 e. The standard InChI is InChI=1S/C14H10N2OS/c1-9-11(7-15)14(18)16-8-12(9)13(17)10-5-3-2-4-6-10/h2-6,8H,1H3,(H,16,18). The number of aromatic nitrogens is 1. The van der Waals surface area contributed by atoms with Gasteiger partial charge in [0.05, 0.1) is 5.56 Å². The molecule has 0 fully saturated rings. The maximum absolute atomic E-state index is 12.3. The number of nitrogens with zero attached hydrogens (tertiary/aromatic N) is 1. The van der Waals surface area contributed by atoms with E-state index in [1.165, 1.54) is 0 Å². The molecule has 0 aliphatic heterocycles. The van der Waals surface area contributed by atoms with Crippen LogP contribution in [0.2, 0.25) is 0 Å². The van der Waals surface area contributed by atoms with E-state index in [4.69, 9.17) is 17.5 Å². The lowest BCUT2D eigenvalue weighted by molar-refractivity contribution is 0.103. The predicted octanol–water partition coefficient (Wildman–Crippen LogP) is 3.16. The van der Waals surface area contributed by atoms with Crippen LogP contribution in [0.25, 0.3) is 0 Å². The molecule has 0 radical (unpaired) electrons. The van der Waals surface area contributed by atoms with Crippen LogP contribution >= 0.6 is 12.2 Å². The van der Waals surface area contributed by atoms with E-state index >= 15 is 0 Å². The second-order valence-electron chi connectivity index (χ2n) is 3.84. The third-order valence-corrected chi connectivity index (χ3v) is 3.07. The first-order valence-electron chi connectivity index (χ1n) is 5.37. The second-order valence-corrected chi connectivity index (χ2v) is 4.25. The van der Waals surface area contributed by atoms with Crippen molar-refractivity contribution in [2.75, 3.05) is 0 Å². The number of hydrogen-bond acceptors (Lipinski definition) is 3. The van der Waals surface area contributed by atoms with E-state index in [0.29, 0.717) is 26.9 Å². The lowest BCUT2D eigenvalue weighted by atomic mass is 9.99. The highest BCUT2D eigenvalue weighted by molar-refractivity contribution is 7.71. The Morgan fingerprint density at radius 2 is 2.00 bits per heavy atom. The number of hydrogen-bond donors (Lipinski definition) is 1. The molecule has 0 saturated heterocycles. The summed E-state index contributed by atoms with van der Waals surface area (Å²) in [5.74, 6) is -0.115. The lowest BCUT2D eigenvalue weighted by Gasteiger charge is -2.06. The van der Waals surface area contributed by atoms with Crippen molar-refractivity contribution in [3.63, 3.8) is 0 Å². The highest BCUT2D eigenvalue weighted by atomic mass is 32.1. The molecule has 0 aliphatic carbocycles. The molecule has 4 heteroatoms. The zero-order chi connectivity index (χ0) is 13.1. The normalized spacial score (nSPS) is 9.78. The summed E-state index contributed by atoms with van der Waals surface area (Å²) in [4.78, 5) is 15.1. The van der Waals surface area contributed by atoms with E-state index in [1.54, 1.807) is 37.4 Å². The van der Waals surface area contributed by atoms with Gasteiger partial charge in [-0.3, -0.25) is 4.79 Å². The Bertz CT molecular complexity index is 696. The molecule has 0 bridgehead atoms. The van der Waals surface area contributed by atoms with Crippen molar-refractivity contribution in [3.8, 4) is 6.07 Å². The van der Waals surface area contributed by atoms with Gasteiger partial charge in [-0.15, -0.1) is 0 Å². The van der Waals surface area contributed by atoms with Crippen molar-refractivity contribution >= 4 is 18.0 Å². The van der Waals surface area contributed by atoms with Gasteiger partial charge in [0.25, 0.3) is 0 Å². The van der Waals surface area contributed by atoms with Crippen LogP contribution in [0.15, 0.2) is 36.5 Å². The van der Waals surface area contributed by atoms with Gasteiger partial charge in [0, 0.05) is 17.3 Å². The maximum Gasteiger partial charge on any atom is 0.194 e. The molecule has 0 unspecified atom stereocenters. The van der Waals surface area contributed by atoms with Crippen molar-refractivity contribution in [3.05, 3.63) is 63.4 Å². The fourth-order valence-corrected chi connectivity index (χ4v) is 2.00. The summed E-state index contributed by atoms with van der Waals surface area (Å²) in [6.07, 6.45) is 1.56. The number of H-pyrrole nitrogens is 1. The molecule has 0 saturated carbocycles. The highest BCUT2D eigenvalue weighted by Crippen LogP contribution is 2.16. The Labute approximate surface area is 110 Å². The van der Waals surface area contributed by atoms with Gasteiger partial charge in [0.15, 0.2) is 5.78 Å². The van der Waals surface area contributed by atoms with Crippen LogP contribution < -0.4 is 0 Å². The molecule has 2 aromatic rings. The number of nitrogens with one attached hydrogen (secondary N) is 1. The summed E-state index contributed by atoms with van der Waals surface area (Å²) in [6.45, 7) is 1.73. The fourth-order valence-electron chi connectivity index (χ4n) is 1.74. The number of nitriles is 1. The average molecular weight is 254 g/mol. The Morgan fingerprint density at radius 1 is 1.33 bits per heavy atom. The van der Waals surface area contributed by atoms with Crippen LogP contribution in [0.3, 0.4) is 0 Å². The van der Waals surface area contributed by atoms with Crippen molar-refractivity contribution in [1.82, 2.24) is 4.98 Å². The largest absolute Gasteiger partial charge is 0.351 e. The predicted molar refractivity (Wildman–Crippen MR) is 71.0 cm³/mol. The van der Waals surface area contributed by atoms with E-state index in [1.807, 2.05) is 12.1 Å². The van der Waals surface area contributed by atoms with Crippen LogP contribution in [-0.4, -0.2) is 10.8 Å². The minimum atomic E-state index is -0.115. The van der Waals surface area contributed by atoms with Gasteiger partial charge in [-0.2, -0.15) is 5.26 Å². The van der Waals surface area contributed by atoms with Crippen molar-refractivity contribution < 1.29 is 4.79 Å². The van der Waals surface area contributed by atoms with Crippen molar-refractivity contribution in [2.24, 2.45) is 0 Å². The summed E-state index contributed by atoms with van der Waals surface area (Å²) in [7, 11) is 0. The monoisotopic (exact) mass is 254 g/mol. The smallest absolute Gasteiger partial charge is 0.194 e. The van der Waals surface area contributed by atoms with Gasteiger partial charge < -0.3 is 4.98 Å². The maximum atomic E-state index is 12.3. The molecule has 88 valence electrons. The molecule has 1 heterocycles. The van der Waals surface area contributed by atoms with Crippen molar-refractivity contribution in [1.29, 1.82) is 5.26 Å². The molecule has 0 spiro atoms.